The summed E-state index contributed by atoms with van der Waals surface area (Å²) in [5.41, 5.74) is 1.06. The number of hydrogen-bond acceptors (Lipinski definition) is 1. The molecule has 0 radical (unpaired) electrons. The monoisotopic (exact) mass is 329 g/mol. The van der Waals surface area contributed by atoms with E-state index in [0.29, 0.717) is 5.56 Å². The van der Waals surface area contributed by atoms with Crippen molar-refractivity contribution in [1.29, 1.82) is 0 Å². The van der Waals surface area contributed by atoms with Crippen LogP contribution in [0.4, 0.5) is 8.78 Å². The molecule has 0 bridgehead atoms. The minimum absolute atomic E-state index is 0.0385. The van der Waals surface area contributed by atoms with Crippen molar-refractivity contribution in [3.05, 3.63) is 71.3 Å². The predicted octanol–water partition coefficient (Wildman–Crippen LogP) is 4.65. The number of nitrogens with one attached hydrogen (secondary N) is 1. The van der Waals surface area contributed by atoms with Crippen LogP contribution >= 0.6 is 0 Å². The van der Waals surface area contributed by atoms with Gasteiger partial charge in [-0.2, -0.15) is 0 Å². The smallest absolute Gasteiger partial charge is 0.231 e. The summed E-state index contributed by atoms with van der Waals surface area (Å²) < 4.78 is 26.5. The van der Waals surface area contributed by atoms with Crippen molar-refractivity contribution in [2.75, 3.05) is 0 Å². The zero-order valence-electron chi connectivity index (χ0n) is 13.7. The largest absolute Gasteiger partial charge is 0.349 e. The number of hydrogen-bond donors (Lipinski definition) is 1. The standard InChI is InChI=1S/C20H21F2NO/c1-14(15-9-10-17(21)18(22)13-15)23-19(24)20(11-5-6-12-20)16-7-3-2-4-8-16/h2-4,7-10,13-14H,5-6,11-12H2,1H3,(H,23,24). The van der Waals surface area contributed by atoms with Crippen LogP contribution in [0.15, 0.2) is 48.5 Å². The lowest BCUT2D eigenvalue weighted by molar-refractivity contribution is -0.127. The lowest BCUT2D eigenvalue weighted by atomic mass is 9.77. The highest BCUT2D eigenvalue weighted by molar-refractivity contribution is 5.88. The fraction of sp³-hybridized carbons (Fsp3) is 0.350. The van der Waals surface area contributed by atoms with Crippen molar-refractivity contribution < 1.29 is 13.6 Å². The SMILES string of the molecule is CC(NC(=O)C1(c2ccccc2)CCCC1)c1ccc(F)c(F)c1. The van der Waals surface area contributed by atoms with Crippen molar-refractivity contribution >= 4 is 5.91 Å². The molecule has 2 nitrogen and oxygen atoms in total. The summed E-state index contributed by atoms with van der Waals surface area (Å²) in [5.74, 6) is -1.82. The third kappa shape index (κ3) is 3.05. The second kappa shape index (κ2) is 6.71. The minimum Gasteiger partial charge on any atom is -0.349 e. The number of carbonyl (C=O) groups excluding carboxylic acids is 1. The van der Waals surface area contributed by atoms with Crippen molar-refractivity contribution in [2.24, 2.45) is 0 Å². The van der Waals surface area contributed by atoms with Crippen LogP contribution < -0.4 is 5.32 Å². The van der Waals surface area contributed by atoms with E-state index >= 15 is 0 Å². The van der Waals surface area contributed by atoms with Crippen LogP contribution in [-0.4, -0.2) is 5.91 Å². The summed E-state index contributed by atoms with van der Waals surface area (Å²) in [6.45, 7) is 1.79. The van der Waals surface area contributed by atoms with Gasteiger partial charge >= 0.3 is 0 Å². The Labute approximate surface area is 140 Å². The molecule has 2 aromatic rings. The van der Waals surface area contributed by atoms with Crippen molar-refractivity contribution in [2.45, 2.75) is 44.1 Å². The summed E-state index contributed by atoms with van der Waals surface area (Å²) in [7, 11) is 0. The van der Waals surface area contributed by atoms with Gasteiger partial charge in [0.1, 0.15) is 0 Å². The Balaban J connectivity index is 1.83. The molecule has 1 aliphatic rings. The molecule has 1 saturated carbocycles. The van der Waals surface area contributed by atoms with E-state index < -0.39 is 17.0 Å². The summed E-state index contributed by atoms with van der Waals surface area (Å²) in [4.78, 5) is 13.0. The van der Waals surface area contributed by atoms with Crippen LogP contribution in [0.1, 0.15) is 49.8 Å². The van der Waals surface area contributed by atoms with Crippen LogP contribution in [0, 0.1) is 11.6 Å². The Bertz CT molecular complexity index is 724. The molecule has 1 unspecified atom stereocenters. The van der Waals surface area contributed by atoms with E-state index in [2.05, 4.69) is 5.32 Å². The van der Waals surface area contributed by atoms with E-state index in [9.17, 15) is 13.6 Å². The quantitative estimate of drug-likeness (QED) is 0.869. The maximum absolute atomic E-state index is 13.4. The Hall–Kier alpha value is -2.23. The minimum atomic E-state index is -0.896. The Kier molecular flexibility index (Phi) is 4.65. The highest BCUT2D eigenvalue weighted by Crippen LogP contribution is 2.41. The van der Waals surface area contributed by atoms with Gasteiger partial charge in [0.25, 0.3) is 0 Å². The van der Waals surface area contributed by atoms with E-state index in [1.54, 1.807) is 6.92 Å². The molecular weight excluding hydrogens is 308 g/mol. The molecule has 2 aromatic carbocycles. The molecule has 1 atom stereocenters. The highest BCUT2D eigenvalue weighted by Gasteiger charge is 2.42. The predicted molar refractivity (Wildman–Crippen MR) is 89.5 cm³/mol. The first kappa shape index (κ1) is 16.6. The molecular formula is C20H21F2NO. The number of amides is 1. The fourth-order valence-corrected chi connectivity index (χ4v) is 3.58. The third-order valence-corrected chi connectivity index (χ3v) is 5.01. The van der Waals surface area contributed by atoms with Crippen LogP contribution in [0.3, 0.4) is 0 Å². The summed E-state index contributed by atoms with van der Waals surface area (Å²) >= 11 is 0. The van der Waals surface area contributed by atoms with E-state index in [0.717, 1.165) is 43.4 Å². The molecule has 24 heavy (non-hydrogen) atoms. The highest BCUT2D eigenvalue weighted by atomic mass is 19.2. The first-order valence-electron chi connectivity index (χ1n) is 8.34. The first-order chi connectivity index (χ1) is 11.5. The molecule has 4 heteroatoms. The zero-order chi connectivity index (χ0) is 17.2. The van der Waals surface area contributed by atoms with Crippen molar-refractivity contribution in [3.8, 4) is 0 Å². The molecule has 1 amide bonds. The van der Waals surface area contributed by atoms with Gasteiger partial charge in [0.05, 0.1) is 11.5 Å². The Morgan fingerprint density at radius 3 is 2.33 bits per heavy atom. The summed E-state index contributed by atoms with van der Waals surface area (Å²) in [5, 5.41) is 3.00. The average Bonchev–Trinajstić information content (AvgIpc) is 3.09. The molecule has 126 valence electrons. The van der Waals surface area contributed by atoms with Gasteiger partial charge in [-0.05, 0) is 43.0 Å². The number of benzene rings is 2. The molecule has 1 N–H and O–H groups in total. The van der Waals surface area contributed by atoms with Crippen LogP contribution in [0.2, 0.25) is 0 Å². The topological polar surface area (TPSA) is 29.1 Å². The van der Waals surface area contributed by atoms with Gasteiger partial charge in [-0.3, -0.25) is 4.79 Å². The van der Waals surface area contributed by atoms with Gasteiger partial charge in [-0.15, -0.1) is 0 Å². The van der Waals surface area contributed by atoms with E-state index in [-0.39, 0.29) is 11.9 Å². The van der Waals surface area contributed by atoms with Crippen LogP contribution in [0.5, 0.6) is 0 Å². The van der Waals surface area contributed by atoms with Gasteiger partial charge in [-0.1, -0.05) is 49.2 Å². The second-order valence-electron chi connectivity index (χ2n) is 6.52. The third-order valence-electron chi connectivity index (χ3n) is 5.01. The van der Waals surface area contributed by atoms with Gasteiger partial charge in [0.2, 0.25) is 5.91 Å². The number of halogens is 2. The Morgan fingerprint density at radius 1 is 1.04 bits per heavy atom. The second-order valence-corrected chi connectivity index (χ2v) is 6.52. The Morgan fingerprint density at radius 2 is 1.71 bits per heavy atom. The first-order valence-corrected chi connectivity index (χ1v) is 8.34. The molecule has 3 rings (SSSR count). The molecule has 0 aromatic heterocycles. The van der Waals surface area contributed by atoms with Gasteiger partial charge in [0, 0.05) is 0 Å². The van der Waals surface area contributed by atoms with E-state index in [1.807, 2.05) is 30.3 Å². The van der Waals surface area contributed by atoms with Crippen molar-refractivity contribution in [3.63, 3.8) is 0 Å². The summed E-state index contributed by atoms with van der Waals surface area (Å²) in [6, 6.07) is 13.2. The molecule has 0 spiro atoms. The van der Waals surface area contributed by atoms with Gasteiger partial charge in [0.15, 0.2) is 11.6 Å². The van der Waals surface area contributed by atoms with Crippen LogP contribution in [0.25, 0.3) is 0 Å². The van der Waals surface area contributed by atoms with E-state index in [4.69, 9.17) is 0 Å². The maximum atomic E-state index is 13.4. The normalized spacial score (nSPS) is 17.5. The fourth-order valence-electron chi connectivity index (χ4n) is 3.58. The molecule has 0 aliphatic heterocycles. The molecule has 0 saturated heterocycles. The van der Waals surface area contributed by atoms with Gasteiger partial charge < -0.3 is 5.32 Å². The lowest BCUT2D eigenvalue weighted by Gasteiger charge is -2.30. The number of carbonyl (C=O) groups is 1. The van der Waals surface area contributed by atoms with Gasteiger partial charge in [-0.25, -0.2) is 8.78 Å². The number of rotatable bonds is 4. The lowest BCUT2D eigenvalue weighted by Crippen LogP contribution is -2.43. The maximum Gasteiger partial charge on any atom is 0.231 e. The molecule has 1 fully saturated rings. The van der Waals surface area contributed by atoms with E-state index in [1.165, 1.54) is 6.07 Å². The molecule has 0 heterocycles. The van der Waals surface area contributed by atoms with Crippen LogP contribution in [-0.2, 0) is 10.2 Å². The molecule has 1 aliphatic carbocycles. The summed E-state index contributed by atoms with van der Waals surface area (Å²) in [6.07, 6.45) is 3.66. The van der Waals surface area contributed by atoms with Crippen molar-refractivity contribution in [1.82, 2.24) is 5.32 Å². The zero-order valence-corrected chi connectivity index (χ0v) is 13.7. The average molecular weight is 329 g/mol.